The van der Waals surface area contributed by atoms with Crippen LogP contribution in [0.25, 0.3) is 5.52 Å². The first kappa shape index (κ1) is 18.2. The summed E-state index contributed by atoms with van der Waals surface area (Å²) in [6, 6.07) is 4.49. The lowest BCUT2D eigenvalue weighted by atomic mass is 10.3. The number of hydrogen-bond acceptors (Lipinski definition) is 6. The van der Waals surface area contributed by atoms with Crippen LogP contribution in [-0.2, 0) is 4.84 Å². The van der Waals surface area contributed by atoms with Crippen LogP contribution >= 0.6 is 15.9 Å². The number of aliphatic hydroxyl groups is 1. The molecule has 8 nitrogen and oxygen atoms in total. The molecule has 0 aliphatic carbocycles. The SMILES string of the molecule is C[C@H](O)CONC(=O)c1ncc2cncn2c1Nc1ccc(Br)cc1F. The van der Waals surface area contributed by atoms with Gasteiger partial charge in [0.2, 0.25) is 0 Å². The van der Waals surface area contributed by atoms with E-state index >= 15 is 0 Å². The van der Waals surface area contributed by atoms with Crippen LogP contribution in [0.5, 0.6) is 0 Å². The molecule has 26 heavy (non-hydrogen) atoms. The van der Waals surface area contributed by atoms with Crippen molar-refractivity contribution in [2.24, 2.45) is 0 Å². The van der Waals surface area contributed by atoms with Crippen LogP contribution in [0.4, 0.5) is 15.9 Å². The van der Waals surface area contributed by atoms with Crippen molar-refractivity contribution < 1.29 is 19.1 Å². The van der Waals surface area contributed by atoms with Gasteiger partial charge in [0, 0.05) is 4.47 Å². The summed E-state index contributed by atoms with van der Waals surface area (Å²) in [4.78, 5) is 25.4. The Morgan fingerprint density at radius 1 is 1.46 bits per heavy atom. The summed E-state index contributed by atoms with van der Waals surface area (Å²) in [5, 5.41) is 12.1. The molecule has 1 amide bonds. The Labute approximate surface area is 156 Å². The molecule has 0 saturated carbocycles. The van der Waals surface area contributed by atoms with Crippen molar-refractivity contribution >= 4 is 38.9 Å². The number of carbonyl (C=O) groups is 1. The van der Waals surface area contributed by atoms with Gasteiger partial charge in [0.25, 0.3) is 5.91 Å². The highest BCUT2D eigenvalue weighted by Crippen LogP contribution is 2.25. The standard InChI is InChI=1S/C16H15BrFN5O3/c1-9(24)7-26-22-16(25)14-15(23-8-19-5-11(23)6-20-14)21-13-3-2-10(17)4-12(13)18/h2-6,8-9,21,24H,7H2,1H3,(H,22,25)/t9-/m0/s1. The lowest BCUT2D eigenvalue weighted by molar-refractivity contribution is -0.00709. The van der Waals surface area contributed by atoms with Gasteiger partial charge < -0.3 is 10.4 Å². The monoisotopic (exact) mass is 423 g/mol. The van der Waals surface area contributed by atoms with E-state index in [0.29, 0.717) is 9.99 Å². The Hall–Kier alpha value is -2.56. The third-order valence-electron chi connectivity index (χ3n) is 3.35. The Balaban J connectivity index is 1.96. The molecule has 2 aromatic heterocycles. The van der Waals surface area contributed by atoms with Gasteiger partial charge in [0.1, 0.15) is 24.6 Å². The summed E-state index contributed by atoms with van der Waals surface area (Å²) in [6.07, 6.45) is 3.75. The number of nitrogens with zero attached hydrogens (tertiary/aromatic N) is 3. The zero-order chi connectivity index (χ0) is 18.7. The van der Waals surface area contributed by atoms with Crippen LogP contribution in [0.3, 0.4) is 0 Å². The third kappa shape index (κ3) is 3.98. The highest BCUT2D eigenvalue weighted by atomic mass is 79.9. The first-order valence-electron chi connectivity index (χ1n) is 7.59. The van der Waals surface area contributed by atoms with E-state index in [2.05, 4.69) is 36.7 Å². The molecule has 0 bridgehead atoms. The van der Waals surface area contributed by atoms with E-state index in [9.17, 15) is 14.3 Å². The smallest absolute Gasteiger partial charge is 0.297 e. The second-order valence-electron chi connectivity index (χ2n) is 5.48. The van der Waals surface area contributed by atoms with Crippen molar-refractivity contribution in [3.63, 3.8) is 0 Å². The van der Waals surface area contributed by atoms with E-state index in [1.54, 1.807) is 16.7 Å². The summed E-state index contributed by atoms with van der Waals surface area (Å²) in [7, 11) is 0. The van der Waals surface area contributed by atoms with E-state index < -0.39 is 17.8 Å². The van der Waals surface area contributed by atoms with Crippen LogP contribution in [0.2, 0.25) is 0 Å². The maximum atomic E-state index is 14.2. The van der Waals surface area contributed by atoms with Crippen LogP contribution in [0.1, 0.15) is 17.4 Å². The van der Waals surface area contributed by atoms with E-state index in [0.717, 1.165) is 0 Å². The fourth-order valence-corrected chi connectivity index (χ4v) is 2.51. The van der Waals surface area contributed by atoms with Crippen molar-refractivity contribution in [1.29, 1.82) is 0 Å². The molecule has 0 aliphatic rings. The molecule has 0 aliphatic heterocycles. The number of anilines is 2. The number of aliphatic hydroxyl groups excluding tert-OH is 1. The average Bonchev–Trinajstić information content (AvgIpc) is 3.06. The molecule has 136 valence electrons. The first-order chi connectivity index (χ1) is 12.5. The lowest BCUT2D eigenvalue weighted by Gasteiger charge is -2.14. The highest BCUT2D eigenvalue weighted by Gasteiger charge is 2.18. The Kier molecular flexibility index (Phi) is 5.45. The quantitative estimate of drug-likeness (QED) is 0.526. The van der Waals surface area contributed by atoms with Crippen LogP contribution in [0, 0.1) is 5.82 Å². The molecule has 10 heteroatoms. The zero-order valence-electron chi connectivity index (χ0n) is 13.6. The number of nitrogens with one attached hydrogen (secondary N) is 2. The molecular weight excluding hydrogens is 409 g/mol. The number of rotatable bonds is 6. The number of amides is 1. The predicted molar refractivity (Wildman–Crippen MR) is 95.5 cm³/mol. The summed E-state index contributed by atoms with van der Waals surface area (Å²) >= 11 is 3.20. The second kappa shape index (κ2) is 7.77. The Bertz CT molecular complexity index is 947. The minimum absolute atomic E-state index is 0.0246. The normalized spacial score (nSPS) is 12.2. The topological polar surface area (TPSA) is 101 Å². The van der Waals surface area contributed by atoms with Crippen LogP contribution < -0.4 is 10.8 Å². The fourth-order valence-electron chi connectivity index (χ4n) is 2.17. The van der Waals surface area contributed by atoms with Gasteiger partial charge in [0.15, 0.2) is 5.69 Å². The molecule has 0 spiro atoms. The Morgan fingerprint density at radius 3 is 3.00 bits per heavy atom. The van der Waals surface area contributed by atoms with Crippen LogP contribution in [-0.4, -0.2) is 38.1 Å². The van der Waals surface area contributed by atoms with Crippen molar-refractivity contribution in [2.75, 3.05) is 11.9 Å². The molecule has 0 radical (unpaired) electrons. The van der Waals surface area contributed by atoms with Crippen molar-refractivity contribution in [3.05, 3.63) is 52.9 Å². The van der Waals surface area contributed by atoms with Gasteiger partial charge in [-0.2, -0.15) is 0 Å². The molecule has 0 unspecified atom stereocenters. The van der Waals surface area contributed by atoms with E-state index in [1.165, 1.54) is 31.6 Å². The van der Waals surface area contributed by atoms with E-state index in [-0.39, 0.29) is 23.8 Å². The zero-order valence-corrected chi connectivity index (χ0v) is 15.2. The Morgan fingerprint density at radius 2 is 2.27 bits per heavy atom. The maximum Gasteiger partial charge on any atom is 0.297 e. The molecular formula is C16H15BrFN5O3. The summed E-state index contributed by atoms with van der Waals surface area (Å²) in [6.45, 7) is 1.44. The first-order valence-corrected chi connectivity index (χ1v) is 8.38. The lowest BCUT2D eigenvalue weighted by Crippen LogP contribution is -2.29. The number of hydroxylamine groups is 1. The van der Waals surface area contributed by atoms with Gasteiger partial charge in [-0.25, -0.2) is 19.8 Å². The van der Waals surface area contributed by atoms with Gasteiger partial charge in [-0.3, -0.25) is 14.0 Å². The van der Waals surface area contributed by atoms with Crippen molar-refractivity contribution in [2.45, 2.75) is 13.0 Å². The molecule has 1 aromatic carbocycles. The van der Waals surface area contributed by atoms with Crippen LogP contribution in [0.15, 0.2) is 41.4 Å². The van der Waals surface area contributed by atoms with Gasteiger partial charge in [0.05, 0.1) is 29.7 Å². The number of hydrogen-bond donors (Lipinski definition) is 3. The summed E-state index contributed by atoms with van der Waals surface area (Å²) in [5.41, 5.74) is 2.96. The molecule has 0 fully saturated rings. The number of carbonyl (C=O) groups excluding carboxylic acids is 1. The minimum atomic E-state index is -0.742. The molecule has 2 heterocycles. The number of aromatic nitrogens is 3. The minimum Gasteiger partial charge on any atom is -0.391 e. The highest BCUT2D eigenvalue weighted by molar-refractivity contribution is 9.10. The number of halogens is 2. The maximum absolute atomic E-state index is 14.2. The average molecular weight is 424 g/mol. The molecule has 1 atom stereocenters. The number of fused-ring (bicyclic) bond motifs is 1. The fraction of sp³-hybridized carbons (Fsp3) is 0.188. The van der Waals surface area contributed by atoms with Gasteiger partial charge >= 0.3 is 0 Å². The third-order valence-corrected chi connectivity index (χ3v) is 3.84. The predicted octanol–water partition coefficient (Wildman–Crippen LogP) is 2.42. The van der Waals surface area contributed by atoms with Gasteiger partial charge in [-0.15, -0.1) is 0 Å². The molecule has 3 N–H and O–H groups in total. The second-order valence-corrected chi connectivity index (χ2v) is 6.40. The van der Waals surface area contributed by atoms with Gasteiger partial charge in [-0.1, -0.05) is 15.9 Å². The summed E-state index contributed by atoms with van der Waals surface area (Å²) in [5.74, 6) is -0.936. The van der Waals surface area contributed by atoms with Crippen molar-refractivity contribution in [3.8, 4) is 0 Å². The van der Waals surface area contributed by atoms with Gasteiger partial charge in [-0.05, 0) is 25.1 Å². The summed E-state index contributed by atoms with van der Waals surface area (Å²) < 4.78 is 16.4. The molecule has 3 aromatic rings. The molecule has 0 saturated heterocycles. The van der Waals surface area contributed by atoms with E-state index in [4.69, 9.17) is 4.84 Å². The van der Waals surface area contributed by atoms with Crippen molar-refractivity contribution in [1.82, 2.24) is 19.8 Å². The largest absolute Gasteiger partial charge is 0.391 e. The number of benzene rings is 1. The molecule has 3 rings (SSSR count). The van der Waals surface area contributed by atoms with E-state index in [1.807, 2.05) is 0 Å². The number of imidazole rings is 1.